The molecule has 1 fully saturated rings. The number of nitrogens with zero attached hydrogens (tertiary/aromatic N) is 1. The molecule has 1 saturated carbocycles. The molecule has 0 aromatic heterocycles. The number of carboxylic acids is 1. The number of anilines is 2. The Hall–Kier alpha value is -2.37. The Morgan fingerprint density at radius 2 is 1.65 bits per heavy atom. The zero-order valence-corrected chi connectivity index (χ0v) is 13.4. The molecule has 2 N–H and O–H groups in total. The number of hydrogen-bond donors (Lipinski definition) is 2. The van der Waals surface area contributed by atoms with Gasteiger partial charge in [0.15, 0.2) is 0 Å². The van der Waals surface area contributed by atoms with Crippen molar-refractivity contribution in [1.29, 1.82) is 0 Å². The number of hydrogen-bond acceptors (Lipinski definition) is 3. The smallest absolute Gasteiger partial charge is 0.307 e. The fourth-order valence-electron chi connectivity index (χ4n) is 2.93. The third-order valence-electron chi connectivity index (χ3n) is 4.41. The van der Waals surface area contributed by atoms with Crippen LogP contribution in [0.3, 0.4) is 0 Å². The summed E-state index contributed by atoms with van der Waals surface area (Å²) >= 11 is 0. The highest BCUT2D eigenvalue weighted by Crippen LogP contribution is 2.31. The van der Waals surface area contributed by atoms with E-state index in [0.29, 0.717) is 18.5 Å². The summed E-state index contributed by atoms with van der Waals surface area (Å²) in [4.78, 5) is 36.5. The molecule has 1 aliphatic carbocycles. The van der Waals surface area contributed by atoms with Gasteiger partial charge in [0.25, 0.3) is 0 Å². The first kappa shape index (κ1) is 17.0. The van der Waals surface area contributed by atoms with Gasteiger partial charge in [-0.05, 0) is 37.1 Å². The number of aliphatic carboxylic acids is 1. The van der Waals surface area contributed by atoms with Gasteiger partial charge in [-0.3, -0.25) is 14.4 Å². The number of rotatable bonds is 4. The lowest BCUT2D eigenvalue weighted by Crippen LogP contribution is -2.36. The van der Waals surface area contributed by atoms with E-state index in [1.54, 1.807) is 31.3 Å². The first-order valence-electron chi connectivity index (χ1n) is 7.78. The minimum Gasteiger partial charge on any atom is -0.481 e. The van der Waals surface area contributed by atoms with Crippen molar-refractivity contribution in [3.8, 4) is 0 Å². The highest BCUT2D eigenvalue weighted by atomic mass is 16.4. The highest BCUT2D eigenvalue weighted by molar-refractivity contribution is 5.96. The van der Waals surface area contributed by atoms with Crippen LogP contribution in [-0.2, 0) is 14.4 Å². The van der Waals surface area contributed by atoms with Crippen LogP contribution in [0.2, 0.25) is 0 Å². The van der Waals surface area contributed by atoms with Crippen molar-refractivity contribution in [3.63, 3.8) is 0 Å². The predicted molar refractivity (Wildman–Crippen MR) is 87.2 cm³/mol. The Bertz CT molecular complexity index is 597. The second kappa shape index (κ2) is 7.26. The van der Waals surface area contributed by atoms with Gasteiger partial charge in [0.1, 0.15) is 0 Å². The van der Waals surface area contributed by atoms with Gasteiger partial charge in [0.05, 0.1) is 11.8 Å². The minimum atomic E-state index is -0.900. The Kier molecular flexibility index (Phi) is 5.36. The van der Waals surface area contributed by atoms with Gasteiger partial charge in [-0.1, -0.05) is 12.8 Å². The van der Waals surface area contributed by atoms with Crippen molar-refractivity contribution in [1.82, 2.24) is 0 Å². The standard InChI is InChI=1S/C17H22N2O4/c1-11(20)19(2)13-9-7-12(8-10-13)18-16(21)14-5-3-4-6-15(14)17(22)23/h7-10,14-15H,3-6H2,1-2H3,(H,18,21)(H,22,23)/t14-,15-/m1/s1. The van der Waals surface area contributed by atoms with E-state index in [-0.39, 0.29) is 11.8 Å². The number of carbonyl (C=O) groups is 3. The van der Waals surface area contributed by atoms with Crippen molar-refractivity contribution >= 4 is 29.2 Å². The Morgan fingerprint density at radius 1 is 1.09 bits per heavy atom. The molecular weight excluding hydrogens is 296 g/mol. The number of nitrogens with one attached hydrogen (secondary N) is 1. The maximum atomic E-state index is 12.4. The summed E-state index contributed by atoms with van der Waals surface area (Å²) in [6.45, 7) is 1.48. The molecule has 2 atom stereocenters. The molecule has 23 heavy (non-hydrogen) atoms. The van der Waals surface area contributed by atoms with E-state index in [1.165, 1.54) is 11.8 Å². The van der Waals surface area contributed by atoms with Gasteiger partial charge in [-0.2, -0.15) is 0 Å². The largest absolute Gasteiger partial charge is 0.481 e. The lowest BCUT2D eigenvalue weighted by molar-refractivity contribution is -0.147. The van der Waals surface area contributed by atoms with Crippen LogP contribution >= 0.6 is 0 Å². The van der Waals surface area contributed by atoms with Crippen LogP contribution in [0.4, 0.5) is 11.4 Å². The Balaban J connectivity index is 2.04. The van der Waals surface area contributed by atoms with E-state index >= 15 is 0 Å². The van der Waals surface area contributed by atoms with E-state index in [0.717, 1.165) is 18.5 Å². The molecule has 2 amide bonds. The van der Waals surface area contributed by atoms with Crippen LogP contribution in [0, 0.1) is 11.8 Å². The van der Waals surface area contributed by atoms with E-state index in [4.69, 9.17) is 0 Å². The molecule has 6 heteroatoms. The van der Waals surface area contributed by atoms with E-state index < -0.39 is 17.8 Å². The summed E-state index contributed by atoms with van der Waals surface area (Å²) in [5.74, 6) is -2.31. The van der Waals surface area contributed by atoms with Gasteiger partial charge in [0, 0.05) is 25.3 Å². The van der Waals surface area contributed by atoms with Crippen LogP contribution in [0.15, 0.2) is 24.3 Å². The maximum absolute atomic E-state index is 12.4. The van der Waals surface area contributed by atoms with E-state index in [2.05, 4.69) is 5.32 Å². The molecule has 0 heterocycles. The van der Waals surface area contributed by atoms with Crippen molar-refractivity contribution in [2.75, 3.05) is 17.3 Å². The molecule has 0 radical (unpaired) electrons. The molecule has 1 aromatic rings. The van der Waals surface area contributed by atoms with Gasteiger partial charge < -0.3 is 15.3 Å². The first-order chi connectivity index (χ1) is 10.9. The normalized spacial score (nSPS) is 20.6. The van der Waals surface area contributed by atoms with Crippen molar-refractivity contribution < 1.29 is 19.5 Å². The average molecular weight is 318 g/mol. The summed E-state index contributed by atoms with van der Waals surface area (Å²) in [6, 6.07) is 6.91. The molecule has 0 bridgehead atoms. The molecule has 0 aliphatic heterocycles. The molecule has 0 unspecified atom stereocenters. The summed E-state index contributed by atoms with van der Waals surface area (Å²) in [5, 5.41) is 12.0. The van der Waals surface area contributed by atoms with Gasteiger partial charge >= 0.3 is 5.97 Å². The monoisotopic (exact) mass is 318 g/mol. The first-order valence-corrected chi connectivity index (χ1v) is 7.78. The van der Waals surface area contributed by atoms with Crippen molar-refractivity contribution in [3.05, 3.63) is 24.3 Å². The van der Waals surface area contributed by atoms with Gasteiger partial charge in [-0.15, -0.1) is 0 Å². The quantitative estimate of drug-likeness (QED) is 0.893. The molecule has 2 rings (SSSR count). The van der Waals surface area contributed by atoms with E-state index in [1.807, 2.05) is 0 Å². The molecule has 6 nitrogen and oxygen atoms in total. The van der Waals surface area contributed by atoms with Crippen molar-refractivity contribution in [2.45, 2.75) is 32.6 Å². The number of amides is 2. The van der Waals surface area contributed by atoms with Gasteiger partial charge in [0.2, 0.25) is 11.8 Å². The third-order valence-corrected chi connectivity index (χ3v) is 4.41. The molecule has 0 spiro atoms. The number of carboxylic acid groups (broad SMARTS) is 1. The summed E-state index contributed by atoms with van der Waals surface area (Å²) in [5.41, 5.74) is 1.34. The Morgan fingerprint density at radius 3 is 2.17 bits per heavy atom. The zero-order valence-electron chi connectivity index (χ0n) is 13.4. The van der Waals surface area contributed by atoms with Crippen LogP contribution < -0.4 is 10.2 Å². The maximum Gasteiger partial charge on any atom is 0.307 e. The minimum absolute atomic E-state index is 0.0757. The predicted octanol–water partition coefficient (Wildman–Crippen LogP) is 2.50. The lowest BCUT2D eigenvalue weighted by Gasteiger charge is -2.27. The Labute approximate surface area is 135 Å². The molecule has 0 saturated heterocycles. The van der Waals surface area contributed by atoms with Gasteiger partial charge in [-0.25, -0.2) is 0 Å². The molecule has 1 aliphatic rings. The molecule has 1 aromatic carbocycles. The average Bonchev–Trinajstić information content (AvgIpc) is 2.54. The molecule has 124 valence electrons. The van der Waals surface area contributed by atoms with Crippen LogP contribution in [0.1, 0.15) is 32.6 Å². The van der Waals surface area contributed by atoms with Crippen LogP contribution in [0.5, 0.6) is 0 Å². The number of carbonyl (C=O) groups excluding carboxylic acids is 2. The topological polar surface area (TPSA) is 86.7 Å². The molecular formula is C17H22N2O4. The highest BCUT2D eigenvalue weighted by Gasteiger charge is 2.35. The fourth-order valence-corrected chi connectivity index (χ4v) is 2.93. The SMILES string of the molecule is CC(=O)N(C)c1ccc(NC(=O)[C@@H]2CCCC[C@H]2C(=O)O)cc1. The third kappa shape index (κ3) is 4.09. The van der Waals surface area contributed by atoms with Crippen LogP contribution in [-0.4, -0.2) is 29.9 Å². The second-order valence-corrected chi connectivity index (χ2v) is 5.95. The van der Waals surface area contributed by atoms with Crippen molar-refractivity contribution in [2.24, 2.45) is 11.8 Å². The fraction of sp³-hybridized carbons (Fsp3) is 0.471. The summed E-state index contributed by atoms with van der Waals surface area (Å²) in [6.07, 6.45) is 2.89. The zero-order chi connectivity index (χ0) is 17.0. The summed E-state index contributed by atoms with van der Waals surface area (Å²) in [7, 11) is 1.68. The second-order valence-electron chi connectivity index (χ2n) is 5.95. The number of benzene rings is 1. The van der Waals surface area contributed by atoms with Crippen LogP contribution in [0.25, 0.3) is 0 Å². The summed E-state index contributed by atoms with van der Waals surface area (Å²) < 4.78 is 0. The van der Waals surface area contributed by atoms with E-state index in [9.17, 15) is 19.5 Å². The lowest BCUT2D eigenvalue weighted by atomic mass is 9.78.